The molecule has 1 saturated carbocycles. The van der Waals surface area contributed by atoms with Gasteiger partial charge in [0.2, 0.25) is 0 Å². The fourth-order valence-electron chi connectivity index (χ4n) is 3.31. The summed E-state index contributed by atoms with van der Waals surface area (Å²) < 4.78 is 0. The highest BCUT2D eigenvalue weighted by molar-refractivity contribution is 6.15. The second kappa shape index (κ2) is 5.83. The lowest BCUT2D eigenvalue weighted by Crippen LogP contribution is -2.26. The maximum Gasteiger partial charge on any atom is 0.109 e. The Morgan fingerprint density at radius 1 is 1.00 bits per heavy atom. The van der Waals surface area contributed by atoms with E-state index in [1.807, 2.05) is 0 Å². The van der Waals surface area contributed by atoms with Gasteiger partial charge in [-0.3, -0.25) is 0 Å². The standard InChI is InChI=1S/C13H27B/c1-3-8-12(9-4-2)13(14)10-6-5-7-11-13/h12H,3-11,14H2,1-2H3. The van der Waals surface area contributed by atoms with Gasteiger partial charge in [-0.2, -0.15) is 0 Å². The van der Waals surface area contributed by atoms with Gasteiger partial charge in [0.1, 0.15) is 7.85 Å². The molecule has 0 aliphatic heterocycles. The zero-order valence-electron chi connectivity index (χ0n) is 10.4. The van der Waals surface area contributed by atoms with Gasteiger partial charge in [-0.05, 0) is 5.92 Å². The maximum atomic E-state index is 2.56. The predicted molar refractivity (Wildman–Crippen MR) is 67.6 cm³/mol. The molecule has 14 heavy (non-hydrogen) atoms. The van der Waals surface area contributed by atoms with Crippen LogP contribution in [0.15, 0.2) is 0 Å². The van der Waals surface area contributed by atoms with Crippen molar-refractivity contribution >= 4 is 7.85 Å². The van der Waals surface area contributed by atoms with Gasteiger partial charge in [0, 0.05) is 0 Å². The summed E-state index contributed by atoms with van der Waals surface area (Å²) in [7, 11) is 2.56. The van der Waals surface area contributed by atoms with Crippen molar-refractivity contribution in [3.63, 3.8) is 0 Å². The van der Waals surface area contributed by atoms with E-state index in [4.69, 9.17) is 0 Å². The molecule has 0 bridgehead atoms. The molecule has 0 heterocycles. The highest BCUT2D eigenvalue weighted by atomic mass is 14.3. The molecule has 0 unspecified atom stereocenters. The highest BCUT2D eigenvalue weighted by Gasteiger charge is 2.33. The third-order valence-electron chi connectivity index (χ3n) is 4.26. The summed E-state index contributed by atoms with van der Waals surface area (Å²) in [4.78, 5) is 0. The van der Waals surface area contributed by atoms with Crippen LogP contribution in [-0.2, 0) is 0 Å². The Hall–Kier alpha value is 0.0649. The van der Waals surface area contributed by atoms with Gasteiger partial charge in [-0.1, -0.05) is 76.9 Å². The zero-order valence-corrected chi connectivity index (χ0v) is 10.4. The molecule has 0 amide bonds. The number of rotatable bonds is 5. The third kappa shape index (κ3) is 3.03. The molecule has 0 aromatic rings. The molecule has 0 spiro atoms. The van der Waals surface area contributed by atoms with Crippen LogP contribution in [0.4, 0.5) is 0 Å². The number of hydrogen-bond acceptors (Lipinski definition) is 0. The monoisotopic (exact) mass is 194 g/mol. The fourth-order valence-corrected chi connectivity index (χ4v) is 3.31. The first-order chi connectivity index (χ1) is 6.73. The van der Waals surface area contributed by atoms with Gasteiger partial charge < -0.3 is 0 Å². The first kappa shape index (κ1) is 12.1. The minimum Gasteiger partial charge on any atom is -0.0654 e. The van der Waals surface area contributed by atoms with Gasteiger partial charge in [0.15, 0.2) is 0 Å². The Kier molecular flexibility index (Phi) is 5.05. The van der Waals surface area contributed by atoms with E-state index in [0.29, 0.717) is 5.31 Å². The van der Waals surface area contributed by atoms with Crippen molar-refractivity contribution in [1.82, 2.24) is 0 Å². The Balaban J connectivity index is 2.53. The topological polar surface area (TPSA) is 0 Å². The quantitative estimate of drug-likeness (QED) is 0.581. The normalized spacial score (nSPS) is 21.4. The van der Waals surface area contributed by atoms with E-state index in [1.165, 1.54) is 57.8 Å². The minimum atomic E-state index is 0.699. The van der Waals surface area contributed by atoms with Crippen LogP contribution in [0.5, 0.6) is 0 Å². The largest absolute Gasteiger partial charge is 0.109 e. The fraction of sp³-hybridized carbons (Fsp3) is 1.00. The summed E-state index contributed by atoms with van der Waals surface area (Å²) in [5.74, 6) is 1.01. The molecule has 82 valence electrons. The molecule has 0 aromatic carbocycles. The van der Waals surface area contributed by atoms with Gasteiger partial charge >= 0.3 is 0 Å². The lowest BCUT2D eigenvalue weighted by atomic mass is 9.52. The highest BCUT2D eigenvalue weighted by Crippen LogP contribution is 2.49. The van der Waals surface area contributed by atoms with Crippen LogP contribution in [0.2, 0.25) is 5.31 Å². The summed E-state index contributed by atoms with van der Waals surface area (Å²) in [6.07, 6.45) is 13.1. The SMILES string of the molecule is BC1(C(CCC)CCC)CCCCC1. The van der Waals surface area contributed by atoms with E-state index in [9.17, 15) is 0 Å². The third-order valence-corrected chi connectivity index (χ3v) is 4.26. The van der Waals surface area contributed by atoms with Crippen LogP contribution in [0.25, 0.3) is 0 Å². The van der Waals surface area contributed by atoms with Crippen molar-refractivity contribution in [2.45, 2.75) is 76.9 Å². The molecule has 1 aliphatic rings. The summed E-state index contributed by atoms with van der Waals surface area (Å²) in [6, 6.07) is 0. The van der Waals surface area contributed by atoms with Crippen LogP contribution in [0.1, 0.15) is 71.6 Å². The molecular formula is C13H27B. The lowest BCUT2D eigenvalue weighted by molar-refractivity contribution is 0.241. The van der Waals surface area contributed by atoms with E-state index in [1.54, 1.807) is 0 Å². The van der Waals surface area contributed by atoms with Crippen molar-refractivity contribution in [3.8, 4) is 0 Å². The van der Waals surface area contributed by atoms with Gasteiger partial charge in [0.25, 0.3) is 0 Å². The molecule has 1 rings (SSSR count). The average molecular weight is 194 g/mol. The van der Waals surface area contributed by atoms with Crippen LogP contribution in [0, 0.1) is 5.92 Å². The second-order valence-corrected chi connectivity index (χ2v) is 5.49. The maximum absolute atomic E-state index is 2.56. The van der Waals surface area contributed by atoms with Crippen LogP contribution >= 0.6 is 0 Å². The lowest BCUT2D eigenvalue weighted by Gasteiger charge is -2.41. The molecule has 1 fully saturated rings. The van der Waals surface area contributed by atoms with E-state index in [-0.39, 0.29) is 0 Å². The Bertz CT molecular complexity index is 141. The predicted octanol–water partition coefficient (Wildman–Crippen LogP) is 3.96. The molecule has 0 N–H and O–H groups in total. The molecular weight excluding hydrogens is 167 g/mol. The van der Waals surface area contributed by atoms with Crippen molar-refractivity contribution in [1.29, 1.82) is 0 Å². The van der Waals surface area contributed by atoms with Gasteiger partial charge in [0.05, 0.1) is 0 Å². The smallest absolute Gasteiger partial charge is 0.0654 e. The van der Waals surface area contributed by atoms with Crippen molar-refractivity contribution in [2.75, 3.05) is 0 Å². The van der Waals surface area contributed by atoms with Gasteiger partial charge in [-0.15, -0.1) is 0 Å². The zero-order chi connectivity index (χ0) is 10.4. The van der Waals surface area contributed by atoms with Crippen LogP contribution < -0.4 is 0 Å². The van der Waals surface area contributed by atoms with E-state index >= 15 is 0 Å². The molecule has 1 aliphatic carbocycles. The van der Waals surface area contributed by atoms with Crippen molar-refractivity contribution < 1.29 is 0 Å². The molecule has 0 nitrogen and oxygen atoms in total. The first-order valence-electron chi connectivity index (χ1n) is 6.73. The first-order valence-corrected chi connectivity index (χ1v) is 6.73. The van der Waals surface area contributed by atoms with E-state index in [0.717, 1.165) is 5.92 Å². The van der Waals surface area contributed by atoms with E-state index in [2.05, 4.69) is 21.7 Å². The molecule has 0 atom stereocenters. The Morgan fingerprint density at radius 3 is 1.93 bits per heavy atom. The van der Waals surface area contributed by atoms with Crippen LogP contribution in [-0.4, -0.2) is 7.85 Å². The van der Waals surface area contributed by atoms with E-state index < -0.39 is 0 Å². The van der Waals surface area contributed by atoms with Crippen molar-refractivity contribution in [3.05, 3.63) is 0 Å². The average Bonchev–Trinajstić information content (AvgIpc) is 2.19. The second-order valence-electron chi connectivity index (χ2n) is 5.49. The number of hydrogen-bond donors (Lipinski definition) is 0. The van der Waals surface area contributed by atoms with Crippen LogP contribution in [0.3, 0.4) is 0 Å². The van der Waals surface area contributed by atoms with Crippen molar-refractivity contribution in [2.24, 2.45) is 5.92 Å². The Labute approximate surface area is 91.3 Å². The summed E-state index contributed by atoms with van der Waals surface area (Å²) >= 11 is 0. The summed E-state index contributed by atoms with van der Waals surface area (Å²) in [5, 5.41) is 0.699. The Morgan fingerprint density at radius 2 is 1.50 bits per heavy atom. The minimum absolute atomic E-state index is 0.699. The summed E-state index contributed by atoms with van der Waals surface area (Å²) in [6.45, 7) is 4.68. The summed E-state index contributed by atoms with van der Waals surface area (Å²) in [5.41, 5.74) is 0. The molecule has 0 radical (unpaired) electrons. The molecule has 0 saturated heterocycles. The molecule has 0 aromatic heterocycles. The van der Waals surface area contributed by atoms with Gasteiger partial charge in [-0.25, -0.2) is 0 Å². The molecule has 1 heteroatoms.